The maximum Gasteiger partial charge on any atom is 0.497 e. The highest BCUT2D eigenvalue weighted by Crippen LogP contribution is 2.24. The number of carbonyl (C=O) groups is 1. The van der Waals surface area contributed by atoms with Gasteiger partial charge in [-0.3, -0.25) is 0 Å². The number of hydrogen-bond donors (Lipinski definition) is 1. The zero-order valence-corrected chi connectivity index (χ0v) is 13.6. The Bertz CT molecular complexity index is 541. The van der Waals surface area contributed by atoms with Crippen LogP contribution in [-0.4, -0.2) is 39.8 Å². The van der Waals surface area contributed by atoms with Gasteiger partial charge in [0, 0.05) is 42.5 Å². The number of ether oxygens (including phenoxy) is 2. The van der Waals surface area contributed by atoms with Gasteiger partial charge in [0.15, 0.2) is 6.79 Å². The summed E-state index contributed by atoms with van der Waals surface area (Å²) >= 11 is 0. The summed E-state index contributed by atoms with van der Waals surface area (Å²) in [4.78, 5) is 10.7. The van der Waals surface area contributed by atoms with E-state index in [4.69, 9.17) is 18.8 Å². The van der Waals surface area contributed by atoms with Crippen LogP contribution in [0.15, 0.2) is 18.2 Å². The topological polar surface area (TPSA) is 89.1 Å². The second-order valence-electron chi connectivity index (χ2n) is 6.04. The van der Waals surface area contributed by atoms with Crippen LogP contribution < -0.4 is 20.6 Å². The number of hydrogen-bond acceptors (Lipinski definition) is 6. The average molecular weight is 322 g/mol. The predicted octanol–water partition coefficient (Wildman–Crippen LogP) is 0.583. The van der Waals surface area contributed by atoms with Crippen molar-refractivity contribution in [3.8, 4) is 5.75 Å². The fourth-order valence-electron chi connectivity index (χ4n) is 2.11. The smallest absolute Gasteiger partial charge is 0.497 e. The Morgan fingerprint density at radius 3 is 2.70 bits per heavy atom. The lowest BCUT2D eigenvalue weighted by Crippen LogP contribution is -2.47. The third-order valence-electron chi connectivity index (χ3n) is 3.27. The summed E-state index contributed by atoms with van der Waals surface area (Å²) in [5.74, 6) is 0.439. The molecule has 1 aliphatic rings. The minimum Gasteiger partial charge on any atom is -0.530 e. The van der Waals surface area contributed by atoms with Gasteiger partial charge in [0.1, 0.15) is 11.8 Å². The van der Waals surface area contributed by atoms with Gasteiger partial charge in [-0.2, -0.15) is 0 Å². The Morgan fingerprint density at radius 1 is 1.39 bits per heavy atom. The lowest BCUT2D eigenvalue weighted by Gasteiger charge is -2.33. The van der Waals surface area contributed by atoms with E-state index in [0.717, 1.165) is 0 Å². The van der Waals surface area contributed by atoms with Crippen molar-refractivity contribution < 1.29 is 28.7 Å². The van der Waals surface area contributed by atoms with E-state index in [1.807, 2.05) is 6.92 Å². The molecule has 1 heterocycles. The molecule has 0 atom stereocenters. The second-order valence-corrected chi connectivity index (χ2v) is 6.04. The van der Waals surface area contributed by atoms with Gasteiger partial charge in [0.2, 0.25) is 0 Å². The first-order valence-electron chi connectivity index (χ1n) is 7.47. The molecule has 23 heavy (non-hydrogen) atoms. The standard InChI is InChI=1S/C15H22BNO6/c1-4-20-10-21-13-7-11(17-14(18)19)5-6-12(13)16-22-8-15(2,3)9-23-16/h5-7,17H,4,8-10H2,1-3H3,(H,18,19)/p-1. The summed E-state index contributed by atoms with van der Waals surface area (Å²) in [6.07, 6.45) is -1.39. The van der Waals surface area contributed by atoms with Crippen LogP contribution in [0.1, 0.15) is 20.8 Å². The van der Waals surface area contributed by atoms with Crippen LogP contribution in [0.2, 0.25) is 0 Å². The highest BCUT2D eigenvalue weighted by Gasteiger charge is 2.35. The van der Waals surface area contributed by atoms with Crippen molar-refractivity contribution in [3.05, 3.63) is 18.2 Å². The molecule has 126 valence electrons. The predicted molar refractivity (Wildman–Crippen MR) is 83.7 cm³/mol. The van der Waals surface area contributed by atoms with E-state index in [0.29, 0.717) is 36.7 Å². The molecule has 0 aliphatic carbocycles. The Hall–Kier alpha value is -1.77. The SMILES string of the molecule is CCOCOc1cc(NC(=O)[O-])ccc1B1OCC(C)(C)CO1. The molecule has 7 nitrogen and oxygen atoms in total. The van der Waals surface area contributed by atoms with E-state index in [1.54, 1.807) is 18.2 Å². The summed E-state index contributed by atoms with van der Waals surface area (Å²) in [7, 11) is -0.559. The zero-order valence-electron chi connectivity index (χ0n) is 13.6. The quantitative estimate of drug-likeness (QED) is 0.468. The molecule has 1 saturated heterocycles. The van der Waals surface area contributed by atoms with Crippen LogP contribution in [0.4, 0.5) is 10.5 Å². The van der Waals surface area contributed by atoms with Crippen LogP contribution >= 0.6 is 0 Å². The number of amides is 1. The fourth-order valence-corrected chi connectivity index (χ4v) is 2.11. The lowest BCUT2D eigenvalue weighted by atomic mass is 9.75. The van der Waals surface area contributed by atoms with Crippen molar-refractivity contribution in [1.29, 1.82) is 0 Å². The molecule has 1 aromatic carbocycles. The largest absolute Gasteiger partial charge is 0.530 e. The molecule has 0 aromatic heterocycles. The summed E-state index contributed by atoms with van der Waals surface area (Å²) in [5, 5.41) is 12.8. The Labute approximate surface area is 136 Å². The molecule has 0 radical (unpaired) electrons. The minimum absolute atomic E-state index is 0.0423. The number of anilines is 1. The van der Waals surface area contributed by atoms with Crippen molar-refractivity contribution >= 4 is 24.4 Å². The molecule has 1 N–H and O–H groups in total. The highest BCUT2D eigenvalue weighted by molar-refractivity contribution is 6.62. The molecule has 1 amide bonds. The van der Waals surface area contributed by atoms with Crippen LogP contribution in [0.5, 0.6) is 5.75 Å². The van der Waals surface area contributed by atoms with Crippen molar-refractivity contribution in [3.63, 3.8) is 0 Å². The normalized spacial score (nSPS) is 16.9. The molecule has 2 rings (SSSR count). The van der Waals surface area contributed by atoms with Gasteiger partial charge in [-0.1, -0.05) is 19.9 Å². The molecule has 0 spiro atoms. The van der Waals surface area contributed by atoms with Crippen molar-refractivity contribution in [1.82, 2.24) is 0 Å². The summed E-state index contributed by atoms with van der Waals surface area (Å²) in [6, 6.07) is 4.86. The molecule has 0 unspecified atom stereocenters. The van der Waals surface area contributed by atoms with Crippen LogP contribution in [0.25, 0.3) is 0 Å². The van der Waals surface area contributed by atoms with Gasteiger partial charge in [-0.15, -0.1) is 0 Å². The first kappa shape index (κ1) is 17.6. The van der Waals surface area contributed by atoms with Crippen molar-refractivity contribution in [2.75, 3.05) is 31.9 Å². The van der Waals surface area contributed by atoms with Gasteiger partial charge < -0.3 is 34.0 Å². The molecular weight excluding hydrogens is 301 g/mol. The van der Waals surface area contributed by atoms with Crippen LogP contribution in [0, 0.1) is 5.41 Å². The highest BCUT2D eigenvalue weighted by atomic mass is 16.7. The van der Waals surface area contributed by atoms with E-state index in [-0.39, 0.29) is 12.2 Å². The average Bonchev–Trinajstić information content (AvgIpc) is 2.48. The zero-order chi connectivity index (χ0) is 16.9. The summed E-state index contributed by atoms with van der Waals surface area (Å²) < 4.78 is 22.3. The maximum absolute atomic E-state index is 10.7. The molecule has 1 fully saturated rings. The van der Waals surface area contributed by atoms with Crippen molar-refractivity contribution in [2.24, 2.45) is 5.41 Å². The molecule has 8 heteroatoms. The second kappa shape index (κ2) is 7.67. The number of carbonyl (C=O) groups excluding carboxylic acids is 1. The van der Waals surface area contributed by atoms with E-state index in [1.165, 1.54) is 0 Å². The van der Waals surface area contributed by atoms with Gasteiger partial charge in [-0.25, -0.2) is 0 Å². The van der Waals surface area contributed by atoms with Gasteiger partial charge >= 0.3 is 7.12 Å². The van der Waals surface area contributed by atoms with Gasteiger partial charge in [-0.05, 0) is 13.0 Å². The monoisotopic (exact) mass is 322 g/mol. The first-order valence-corrected chi connectivity index (χ1v) is 7.47. The number of nitrogens with one attached hydrogen (secondary N) is 1. The lowest BCUT2D eigenvalue weighted by molar-refractivity contribution is -0.242. The third kappa shape index (κ3) is 5.12. The number of rotatable bonds is 6. The van der Waals surface area contributed by atoms with Gasteiger partial charge in [0.05, 0.1) is 0 Å². The Balaban J connectivity index is 2.17. The number of benzene rings is 1. The first-order chi connectivity index (χ1) is 10.9. The van der Waals surface area contributed by atoms with E-state index < -0.39 is 13.2 Å². The fraction of sp³-hybridized carbons (Fsp3) is 0.533. The molecular formula is C15H21BNO6-. The minimum atomic E-state index is -1.39. The van der Waals surface area contributed by atoms with E-state index in [9.17, 15) is 9.90 Å². The molecule has 0 bridgehead atoms. The molecule has 1 aliphatic heterocycles. The third-order valence-corrected chi connectivity index (χ3v) is 3.27. The van der Waals surface area contributed by atoms with E-state index >= 15 is 0 Å². The molecule has 1 aromatic rings. The van der Waals surface area contributed by atoms with Gasteiger partial charge in [0.25, 0.3) is 0 Å². The Morgan fingerprint density at radius 2 is 2.09 bits per heavy atom. The van der Waals surface area contributed by atoms with Crippen molar-refractivity contribution in [2.45, 2.75) is 20.8 Å². The van der Waals surface area contributed by atoms with E-state index in [2.05, 4.69) is 19.2 Å². The summed E-state index contributed by atoms with van der Waals surface area (Å²) in [6.45, 7) is 7.65. The Kier molecular flexibility index (Phi) is 5.87. The molecule has 0 saturated carbocycles. The summed E-state index contributed by atoms with van der Waals surface area (Å²) in [5.41, 5.74) is 0.986. The maximum atomic E-state index is 10.7. The van der Waals surface area contributed by atoms with Crippen LogP contribution in [-0.2, 0) is 14.0 Å². The number of carboxylic acid groups (broad SMARTS) is 1. The van der Waals surface area contributed by atoms with Crippen LogP contribution in [0.3, 0.4) is 0 Å².